The van der Waals surface area contributed by atoms with Crippen LogP contribution in [0.1, 0.15) is 57.5 Å². The molecule has 0 spiro atoms. The Morgan fingerprint density at radius 2 is 1.64 bits per heavy atom. The van der Waals surface area contributed by atoms with Crippen LogP contribution in [0.25, 0.3) is 10.9 Å². The van der Waals surface area contributed by atoms with Crippen molar-refractivity contribution in [3.05, 3.63) is 71.7 Å². The summed E-state index contributed by atoms with van der Waals surface area (Å²) in [5.41, 5.74) is 4.58. The van der Waals surface area contributed by atoms with E-state index in [-0.39, 0.29) is 18.6 Å². The van der Waals surface area contributed by atoms with Gasteiger partial charge in [0.2, 0.25) is 0 Å². The molecule has 2 aromatic heterocycles. The van der Waals surface area contributed by atoms with E-state index in [1.165, 1.54) is 16.5 Å². The van der Waals surface area contributed by atoms with E-state index in [2.05, 4.69) is 57.3 Å². The molecule has 2 heterocycles. The van der Waals surface area contributed by atoms with Crippen LogP contribution in [0.2, 0.25) is 0 Å². The molecule has 33 heavy (non-hydrogen) atoms. The average molecular weight is 456 g/mol. The maximum Gasteiger partial charge on any atom is 0.182 e. The van der Waals surface area contributed by atoms with Crippen molar-refractivity contribution < 1.29 is 14.3 Å². The molecule has 1 unspecified atom stereocenters. The Labute approximate surface area is 199 Å². The highest BCUT2D eigenvalue weighted by molar-refractivity contribution is 6.09. The molecule has 0 aliphatic rings. The summed E-state index contributed by atoms with van der Waals surface area (Å²) in [7, 11) is 3.65. The number of aromatic nitrogens is 2. The number of pyridine rings is 2. The molecule has 0 aliphatic carbocycles. The van der Waals surface area contributed by atoms with Gasteiger partial charge < -0.3 is 10.1 Å². The van der Waals surface area contributed by atoms with Crippen LogP contribution in [0.4, 0.5) is 0 Å². The lowest BCUT2D eigenvalue weighted by atomic mass is 10.0. The molecule has 6 heteroatoms. The first-order valence-corrected chi connectivity index (χ1v) is 11.4. The van der Waals surface area contributed by atoms with Crippen LogP contribution >= 0.6 is 0 Å². The second kappa shape index (κ2) is 22.2. The highest BCUT2D eigenvalue weighted by Gasteiger charge is 2.11. The summed E-state index contributed by atoms with van der Waals surface area (Å²) in [5.74, 6) is 0. The summed E-state index contributed by atoms with van der Waals surface area (Å²) in [6.45, 7) is 12.8. The number of hydrogen-bond acceptors (Lipinski definition) is 6. The first kappa shape index (κ1) is 32.2. The normalized spacial score (nSPS) is 9.82. The Hall–Kier alpha value is -2.96. The fraction of sp³-hybridized carbons (Fsp3) is 0.407. The number of benzene rings is 1. The number of nitrogens with zero attached hydrogens (tertiary/aromatic N) is 2. The van der Waals surface area contributed by atoms with Crippen molar-refractivity contribution in [1.82, 2.24) is 15.3 Å². The number of fused-ring (bicyclic) bond motifs is 1. The van der Waals surface area contributed by atoms with Gasteiger partial charge in [0.25, 0.3) is 0 Å². The van der Waals surface area contributed by atoms with Crippen LogP contribution in [0.3, 0.4) is 0 Å². The van der Waals surface area contributed by atoms with Gasteiger partial charge in [0.05, 0.1) is 17.3 Å². The minimum atomic E-state index is 0.194. The molecule has 0 aliphatic heterocycles. The van der Waals surface area contributed by atoms with Crippen LogP contribution in [0.5, 0.6) is 0 Å². The van der Waals surface area contributed by atoms with Crippen LogP contribution in [0, 0.1) is 6.92 Å². The molecule has 3 aromatic rings. The number of ether oxygens (including phenoxy) is 1. The summed E-state index contributed by atoms with van der Waals surface area (Å²) in [6.07, 6.45) is 5.05. The molecule has 3 rings (SSSR count). The number of nitrogens with one attached hydrogen (secondary N) is 1. The monoisotopic (exact) mass is 455 g/mol. The quantitative estimate of drug-likeness (QED) is 0.389. The van der Waals surface area contributed by atoms with Crippen molar-refractivity contribution in [2.45, 2.75) is 54.0 Å². The number of likely N-dealkylation sites (N-methyl/N-ethyl adjacent to an activating group) is 1. The molecule has 0 fully saturated rings. The molecule has 1 atom stereocenters. The van der Waals surface area contributed by atoms with Crippen LogP contribution in [0.15, 0.2) is 54.9 Å². The number of carbonyl (C=O) groups is 2. The van der Waals surface area contributed by atoms with E-state index < -0.39 is 0 Å². The lowest BCUT2D eigenvalue weighted by molar-refractivity contribution is -0.122. The summed E-state index contributed by atoms with van der Waals surface area (Å²) in [4.78, 5) is 26.6. The van der Waals surface area contributed by atoms with E-state index in [1.54, 1.807) is 7.11 Å². The number of hydrogen-bond donors (Lipinski definition) is 1. The van der Waals surface area contributed by atoms with Gasteiger partial charge in [-0.1, -0.05) is 45.9 Å². The number of carbonyl (C=O) groups excluding carboxylic acids is 2. The number of methoxy groups -OCH3 is 1. The number of aldehydes is 2. The third-order valence-electron chi connectivity index (χ3n) is 4.06. The molecule has 0 amide bonds. The van der Waals surface area contributed by atoms with Gasteiger partial charge in [0.15, 0.2) is 12.6 Å². The molecule has 1 aromatic carbocycles. The fourth-order valence-electron chi connectivity index (χ4n) is 2.58. The summed E-state index contributed by atoms with van der Waals surface area (Å²) in [5, 5.41) is 4.53. The molecule has 0 radical (unpaired) electrons. The first-order valence-electron chi connectivity index (χ1n) is 11.4. The van der Waals surface area contributed by atoms with Crippen molar-refractivity contribution in [1.29, 1.82) is 0 Å². The lowest BCUT2D eigenvalue weighted by Crippen LogP contribution is -2.19. The number of aryl methyl sites for hydroxylation is 1. The van der Waals surface area contributed by atoms with E-state index >= 15 is 0 Å². The first-order chi connectivity index (χ1) is 16.1. The molecular formula is C27H41N3O3. The molecule has 0 saturated heterocycles. The average Bonchev–Trinajstić information content (AvgIpc) is 2.90. The number of rotatable bonds is 6. The third kappa shape index (κ3) is 13.9. The highest BCUT2D eigenvalue weighted by Crippen LogP contribution is 2.20. The Balaban J connectivity index is 0. The van der Waals surface area contributed by atoms with Gasteiger partial charge in [-0.2, -0.15) is 0 Å². The predicted molar refractivity (Wildman–Crippen MR) is 139 cm³/mol. The zero-order valence-corrected chi connectivity index (χ0v) is 21.5. The minimum absolute atomic E-state index is 0.194. The smallest absolute Gasteiger partial charge is 0.182 e. The Bertz CT molecular complexity index is 863. The standard InChI is InChI=1S/C18H19N3.C3H8O.C2H2O2.2C2H6/c1-13-9-15-7-6-14(10-17(15)21-12-13)11-18(19-2)16-5-3-4-8-20-16;1-3-4-2;3-1-2-4;2*1-2/h3-10,12,18-19H,11H2,1-2H3;3H2,1-2H3;1-2H;2*1-2H3. The van der Waals surface area contributed by atoms with Crippen molar-refractivity contribution in [2.24, 2.45) is 0 Å². The third-order valence-corrected chi connectivity index (χ3v) is 4.06. The second-order valence-corrected chi connectivity index (χ2v) is 6.19. The van der Waals surface area contributed by atoms with Crippen LogP contribution in [-0.2, 0) is 20.7 Å². The van der Waals surface area contributed by atoms with Crippen molar-refractivity contribution in [2.75, 3.05) is 20.8 Å². The van der Waals surface area contributed by atoms with E-state index in [9.17, 15) is 0 Å². The van der Waals surface area contributed by atoms with Crippen molar-refractivity contribution in [3.8, 4) is 0 Å². The largest absolute Gasteiger partial charge is 0.385 e. The minimum Gasteiger partial charge on any atom is -0.385 e. The van der Waals surface area contributed by atoms with Crippen molar-refractivity contribution >= 4 is 23.5 Å². The topological polar surface area (TPSA) is 81.2 Å². The van der Waals surface area contributed by atoms with Crippen molar-refractivity contribution in [3.63, 3.8) is 0 Å². The second-order valence-electron chi connectivity index (χ2n) is 6.19. The van der Waals surface area contributed by atoms with Gasteiger partial charge in [-0.25, -0.2) is 0 Å². The summed E-state index contributed by atoms with van der Waals surface area (Å²) < 4.78 is 4.54. The zero-order valence-electron chi connectivity index (χ0n) is 21.5. The Morgan fingerprint density at radius 1 is 1.00 bits per heavy atom. The van der Waals surface area contributed by atoms with Gasteiger partial charge in [0.1, 0.15) is 0 Å². The SMILES string of the molecule is CC.CC.CCOC.CNC(Cc1ccc2cc(C)cnc2c1)c1ccccn1.O=CC=O. The zero-order chi connectivity index (χ0) is 25.5. The van der Waals surface area contributed by atoms with E-state index in [1.807, 2.05) is 66.2 Å². The van der Waals surface area contributed by atoms with Gasteiger partial charge in [-0.15, -0.1) is 0 Å². The van der Waals surface area contributed by atoms with Crippen LogP contribution < -0.4 is 5.32 Å². The van der Waals surface area contributed by atoms with Crippen LogP contribution in [-0.4, -0.2) is 43.3 Å². The van der Waals surface area contributed by atoms with Gasteiger partial charge in [-0.3, -0.25) is 19.6 Å². The molecule has 1 N–H and O–H groups in total. The maximum atomic E-state index is 8.81. The maximum absolute atomic E-state index is 8.81. The van der Waals surface area contributed by atoms with E-state index in [4.69, 9.17) is 9.59 Å². The predicted octanol–water partition coefficient (Wildman–Crippen LogP) is 5.53. The summed E-state index contributed by atoms with van der Waals surface area (Å²) in [6, 6.07) is 14.9. The Kier molecular flexibility index (Phi) is 21.7. The lowest BCUT2D eigenvalue weighted by Gasteiger charge is -2.16. The molecule has 182 valence electrons. The van der Waals surface area contributed by atoms with Gasteiger partial charge >= 0.3 is 0 Å². The summed E-state index contributed by atoms with van der Waals surface area (Å²) >= 11 is 0. The van der Waals surface area contributed by atoms with E-state index in [0.717, 1.165) is 24.2 Å². The molecular weight excluding hydrogens is 414 g/mol. The van der Waals surface area contributed by atoms with Gasteiger partial charge in [0, 0.05) is 31.5 Å². The fourth-order valence-corrected chi connectivity index (χ4v) is 2.58. The highest BCUT2D eigenvalue weighted by atomic mass is 16.5. The molecule has 0 bridgehead atoms. The molecule has 6 nitrogen and oxygen atoms in total. The van der Waals surface area contributed by atoms with E-state index in [0.29, 0.717) is 0 Å². The van der Waals surface area contributed by atoms with Gasteiger partial charge in [-0.05, 0) is 62.7 Å². The Morgan fingerprint density at radius 3 is 2.12 bits per heavy atom. The molecule has 0 saturated carbocycles.